The van der Waals surface area contributed by atoms with Crippen LogP contribution in [0, 0.1) is 12.3 Å². The van der Waals surface area contributed by atoms with Gasteiger partial charge in [0.25, 0.3) is 0 Å². The van der Waals surface area contributed by atoms with Crippen LogP contribution in [-0.4, -0.2) is 26.7 Å². The Bertz CT molecular complexity index is 543. The monoisotopic (exact) mass is 300 g/mol. The first-order chi connectivity index (χ1) is 9.30. The van der Waals surface area contributed by atoms with Crippen LogP contribution in [-0.2, 0) is 10.0 Å². The maximum atomic E-state index is 12.3. The number of aliphatic hydroxyl groups is 1. The molecule has 0 heterocycles. The van der Waals surface area contributed by atoms with Crippen LogP contribution in [0.4, 0.5) is 5.69 Å². The summed E-state index contributed by atoms with van der Waals surface area (Å²) in [5, 5.41) is 9.48. The zero-order chi connectivity index (χ0) is 15.4. The van der Waals surface area contributed by atoms with Crippen molar-refractivity contribution in [2.45, 2.75) is 38.5 Å². The minimum absolute atomic E-state index is 0.0497. The highest BCUT2D eigenvalue weighted by Gasteiger charge is 2.28. The minimum atomic E-state index is -3.66. The molecule has 0 aliphatic rings. The van der Waals surface area contributed by atoms with Crippen LogP contribution in [0.15, 0.2) is 23.1 Å². The molecule has 1 aromatic rings. The largest absolute Gasteiger partial charge is 0.398 e. The smallest absolute Gasteiger partial charge is 0.242 e. The van der Waals surface area contributed by atoms with E-state index in [0.717, 1.165) is 5.56 Å². The molecule has 0 unspecified atom stereocenters. The molecule has 4 N–H and O–H groups in total. The molecule has 0 spiro atoms. The Balaban J connectivity index is 2.96. The summed E-state index contributed by atoms with van der Waals surface area (Å²) in [6, 6.07) is 4.85. The third-order valence-electron chi connectivity index (χ3n) is 3.93. The summed E-state index contributed by atoms with van der Waals surface area (Å²) in [5.74, 6) is 0. The van der Waals surface area contributed by atoms with Gasteiger partial charge in [0.2, 0.25) is 10.0 Å². The maximum Gasteiger partial charge on any atom is 0.242 e. The van der Waals surface area contributed by atoms with Gasteiger partial charge in [-0.25, -0.2) is 13.1 Å². The van der Waals surface area contributed by atoms with E-state index >= 15 is 0 Å². The van der Waals surface area contributed by atoms with Crippen molar-refractivity contribution in [1.82, 2.24) is 4.72 Å². The molecule has 20 heavy (non-hydrogen) atoms. The van der Waals surface area contributed by atoms with Crippen molar-refractivity contribution in [3.8, 4) is 0 Å². The molecule has 0 aliphatic heterocycles. The molecule has 0 saturated heterocycles. The van der Waals surface area contributed by atoms with E-state index in [4.69, 9.17) is 5.73 Å². The van der Waals surface area contributed by atoms with Gasteiger partial charge in [-0.1, -0.05) is 19.9 Å². The SMILES string of the molecule is CCC(CC)(CO)CNS(=O)(=O)c1ccc(C)cc1N. The zero-order valence-electron chi connectivity index (χ0n) is 12.3. The second kappa shape index (κ2) is 6.56. The molecule has 1 aromatic carbocycles. The first-order valence-corrected chi connectivity index (χ1v) is 8.25. The molecule has 0 aromatic heterocycles. The average Bonchev–Trinajstić information content (AvgIpc) is 2.40. The van der Waals surface area contributed by atoms with Crippen molar-refractivity contribution < 1.29 is 13.5 Å². The highest BCUT2D eigenvalue weighted by Crippen LogP contribution is 2.26. The van der Waals surface area contributed by atoms with Gasteiger partial charge in [-0.05, 0) is 37.5 Å². The molecule has 114 valence electrons. The Labute approximate surface area is 121 Å². The number of nitrogens with one attached hydrogen (secondary N) is 1. The number of anilines is 1. The molecule has 0 bridgehead atoms. The van der Waals surface area contributed by atoms with Crippen LogP contribution in [0.1, 0.15) is 32.3 Å². The van der Waals surface area contributed by atoms with Crippen LogP contribution >= 0.6 is 0 Å². The second-order valence-corrected chi connectivity index (χ2v) is 6.97. The van der Waals surface area contributed by atoms with Gasteiger partial charge in [0.15, 0.2) is 0 Å². The summed E-state index contributed by atoms with van der Waals surface area (Å²) in [4.78, 5) is 0.0853. The van der Waals surface area contributed by atoms with Crippen LogP contribution in [0.3, 0.4) is 0 Å². The van der Waals surface area contributed by atoms with Crippen molar-refractivity contribution in [2.24, 2.45) is 5.41 Å². The van der Waals surface area contributed by atoms with Crippen molar-refractivity contribution in [3.05, 3.63) is 23.8 Å². The van der Waals surface area contributed by atoms with E-state index in [0.29, 0.717) is 12.8 Å². The fourth-order valence-corrected chi connectivity index (χ4v) is 3.29. The number of nitrogens with two attached hydrogens (primary N) is 1. The number of hydrogen-bond donors (Lipinski definition) is 3. The Hall–Kier alpha value is -1.11. The number of nitrogen functional groups attached to an aromatic ring is 1. The average molecular weight is 300 g/mol. The standard InChI is InChI=1S/C14H24N2O3S/c1-4-14(5-2,10-17)9-16-20(18,19)13-7-6-11(3)8-12(13)15/h6-8,16-17H,4-5,9-10,15H2,1-3H3. The highest BCUT2D eigenvalue weighted by molar-refractivity contribution is 7.89. The molecule has 0 saturated carbocycles. The fourth-order valence-electron chi connectivity index (χ4n) is 2.02. The molecule has 0 fully saturated rings. The van der Waals surface area contributed by atoms with E-state index in [1.807, 2.05) is 20.8 Å². The van der Waals surface area contributed by atoms with Gasteiger partial charge in [-0.3, -0.25) is 0 Å². The normalized spacial score (nSPS) is 12.6. The van der Waals surface area contributed by atoms with E-state index in [-0.39, 0.29) is 23.7 Å². The lowest BCUT2D eigenvalue weighted by molar-refractivity contribution is 0.119. The predicted octanol–water partition coefficient (Wildman–Crippen LogP) is 1.65. The second-order valence-electron chi connectivity index (χ2n) is 5.23. The predicted molar refractivity (Wildman–Crippen MR) is 80.9 cm³/mol. The third-order valence-corrected chi connectivity index (χ3v) is 5.40. The molecule has 6 heteroatoms. The summed E-state index contributed by atoms with van der Waals surface area (Å²) in [7, 11) is -3.66. The van der Waals surface area contributed by atoms with Crippen molar-refractivity contribution in [2.75, 3.05) is 18.9 Å². The van der Waals surface area contributed by atoms with E-state index < -0.39 is 15.4 Å². The van der Waals surface area contributed by atoms with Crippen LogP contribution < -0.4 is 10.5 Å². The highest BCUT2D eigenvalue weighted by atomic mass is 32.2. The number of aryl methyl sites for hydroxylation is 1. The van der Waals surface area contributed by atoms with Gasteiger partial charge in [0.1, 0.15) is 4.90 Å². The first kappa shape index (κ1) is 16.9. The van der Waals surface area contributed by atoms with Crippen molar-refractivity contribution in [3.63, 3.8) is 0 Å². The summed E-state index contributed by atoms with van der Waals surface area (Å²) in [6.45, 7) is 5.88. The zero-order valence-corrected chi connectivity index (χ0v) is 13.1. The summed E-state index contributed by atoms with van der Waals surface area (Å²) < 4.78 is 27.1. The van der Waals surface area contributed by atoms with Gasteiger partial charge in [0.05, 0.1) is 5.69 Å². The number of sulfonamides is 1. The van der Waals surface area contributed by atoms with E-state index in [1.165, 1.54) is 6.07 Å². The van der Waals surface area contributed by atoms with Crippen LogP contribution in [0.25, 0.3) is 0 Å². The fraction of sp³-hybridized carbons (Fsp3) is 0.571. The molecule has 1 rings (SSSR count). The molecule has 0 aliphatic carbocycles. The Morgan fingerprint density at radius 1 is 1.30 bits per heavy atom. The number of rotatable bonds is 7. The van der Waals surface area contributed by atoms with E-state index in [1.54, 1.807) is 12.1 Å². The molecule has 5 nitrogen and oxygen atoms in total. The number of hydrogen-bond acceptors (Lipinski definition) is 4. The minimum Gasteiger partial charge on any atom is -0.398 e. The molecule has 0 radical (unpaired) electrons. The Kier molecular flexibility index (Phi) is 5.56. The third kappa shape index (κ3) is 3.71. The Morgan fingerprint density at radius 2 is 1.90 bits per heavy atom. The van der Waals surface area contributed by atoms with Gasteiger partial charge < -0.3 is 10.8 Å². The van der Waals surface area contributed by atoms with Gasteiger partial charge in [0, 0.05) is 18.6 Å². The lowest BCUT2D eigenvalue weighted by atomic mass is 9.84. The first-order valence-electron chi connectivity index (χ1n) is 6.77. The van der Waals surface area contributed by atoms with E-state index in [2.05, 4.69) is 4.72 Å². The molecule has 0 amide bonds. The lowest BCUT2D eigenvalue weighted by Gasteiger charge is -2.29. The quantitative estimate of drug-likeness (QED) is 0.668. The Morgan fingerprint density at radius 3 is 2.35 bits per heavy atom. The molecular formula is C14H24N2O3S. The topological polar surface area (TPSA) is 92.4 Å². The molecule has 0 atom stereocenters. The summed E-state index contributed by atoms with van der Waals surface area (Å²) in [6.07, 6.45) is 1.40. The van der Waals surface area contributed by atoms with Crippen molar-refractivity contribution in [1.29, 1.82) is 0 Å². The van der Waals surface area contributed by atoms with Gasteiger partial charge >= 0.3 is 0 Å². The molecular weight excluding hydrogens is 276 g/mol. The van der Waals surface area contributed by atoms with Crippen LogP contribution in [0.5, 0.6) is 0 Å². The van der Waals surface area contributed by atoms with Crippen LogP contribution in [0.2, 0.25) is 0 Å². The van der Waals surface area contributed by atoms with Gasteiger partial charge in [-0.2, -0.15) is 0 Å². The lowest BCUT2D eigenvalue weighted by Crippen LogP contribution is -2.39. The summed E-state index contributed by atoms with van der Waals surface area (Å²) in [5.41, 5.74) is 6.50. The number of aliphatic hydroxyl groups excluding tert-OH is 1. The number of benzene rings is 1. The van der Waals surface area contributed by atoms with Crippen molar-refractivity contribution >= 4 is 15.7 Å². The maximum absolute atomic E-state index is 12.3. The van der Waals surface area contributed by atoms with E-state index in [9.17, 15) is 13.5 Å². The van der Waals surface area contributed by atoms with Gasteiger partial charge in [-0.15, -0.1) is 0 Å². The summed E-state index contributed by atoms with van der Waals surface area (Å²) >= 11 is 0.